The molecule has 0 aliphatic rings. The normalized spacial score (nSPS) is 11.4. The summed E-state index contributed by atoms with van der Waals surface area (Å²) >= 11 is 0. The van der Waals surface area contributed by atoms with Crippen molar-refractivity contribution in [1.29, 1.82) is 0 Å². The molecule has 0 unspecified atom stereocenters. The zero-order valence-corrected chi connectivity index (χ0v) is 12.2. The zero-order valence-electron chi connectivity index (χ0n) is 11.4. The van der Waals surface area contributed by atoms with Gasteiger partial charge in [-0.05, 0) is 25.5 Å². The number of esters is 1. The van der Waals surface area contributed by atoms with E-state index in [1.807, 2.05) is 0 Å². The summed E-state index contributed by atoms with van der Waals surface area (Å²) in [4.78, 5) is 10.2. The van der Waals surface area contributed by atoms with Crippen LogP contribution in [-0.4, -0.2) is 27.5 Å². The molecular formula is C12H16F2N2O4S. The number of carbonyl (C=O) groups is 1. The molecular weight excluding hydrogens is 306 g/mol. The number of nitrogens with two attached hydrogens (primary N) is 1. The third-order valence-electron chi connectivity index (χ3n) is 2.46. The summed E-state index contributed by atoms with van der Waals surface area (Å²) in [6.07, 6.45) is 0.189. The summed E-state index contributed by atoms with van der Waals surface area (Å²) in [6, 6.07) is 1.52. The number of carbonyl (C=O) groups excluding carboxylic acids is 1. The quantitative estimate of drug-likeness (QED) is 0.446. The molecule has 6 nitrogen and oxygen atoms in total. The van der Waals surface area contributed by atoms with Crippen LogP contribution < -0.4 is 10.5 Å². The lowest BCUT2D eigenvalue weighted by Gasteiger charge is -2.09. The highest BCUT2D eigenvalue weighted by molar-refractivity contribution is 7.89. The molecule has 1 aromatic carbocycles. The lowest BCUT2D eigenvalue weighted by Crippen LogP contribution is -2.26. The van der Waals surface area contributed by atoms with Gasteiger partial charge in [-0.1, -0.05) is 0 Å². The summed E-state index contributed by atoms with van der Waals surface area (Å²) in [5, 5.41) is 0. The van der Waals surface area contributed by atoms with Gasteiger partial charge in [-0.15, -0.1) is 0 Å². The molecule has 0 bridgehead atoms. The Morgan fingerprint density at radius 2 is 2.05 bits per heavy atom. The Morgan fingerprint density at radius 3 is 2.67 bits per heavy atom. The maximum Gasteiger partial charge on any atom is 0.305 e. The summed E-state index contributed by atoms with van der Waals surface area (Å²) in [6.45, 7) is 1.77. The Labute approximate surface area is 121 Å². The number of ether oxygens (including phenoxy) is 1. The first kappa shape index (κ1) is 17.3. The van der Waals surface area contributed by atoms with Gasteiger partial charge in [0.05, 0.1) is 6.61 Å². The number of halogens is 2. The molecule has 0 radical (unpaired) electrons. The third kappa shape index (κ3) is 4.94. The molecule has 0 aliphatic heterocycles. The summed E-state index contributed by atoms with van der Waals surface area (Å²) in [5.41, 5.74) is 5.09. The van der Waals surface area contributed by atoms with Gasteiger partial charge in [0, 0.05) is 18.7 Å². The van der Waals surface area contributed by atoms with Gasteiger partial charge in [0.15, 0.2) is 11.6 Å². The number of hydrogen-bond donors (Lipinski definition) is 2. The van der Waals surface area contributed by atoms with Crippen molar-refractivity contribution in [3.05, 3.63) is 23.8 Å². The monoisotopic (exact) mass is 322 g/mol. The van der Waals surface area contributed by atoms with E-state index in [1.165, 1.54) is 0 Å². The summed E-state index contributed by atoms with van der Waals surface area (Å²) < 4.78 is 57.0. The molecule has 0 aromatic heterocycles. The molecule has 9 heteroatoms. The number of nitrogen functional groups attached to an aromatic ring is 1. The molecule has 0 saturated heterocycles. The molecule has 21 heavy (non-hydrogen) atoms. The molecule has 0 aliphatic carbocycles. The fourth-order valence-electron chi connectivity index (χ4n) is 1.53. The molecule has 3 N–H and O–H groups in total. The van der Waals surface area contributed by atoms with Crippen LogP contribution in [0.5, 0.6) is 0 Å². The van der Waals surface area contributed by atoms with Crippen LogP contribution in [0.15, 0.2) is 17.0 Å². The topological polar surface area (TPSA) is 98.5 Å². The van der Waals surface area contributed by atoms with Crippen molar-refractivity contribution in [3.63, 3.8) is 0 Å². The van der Waals surface area contributed by atoms with Crippen LogP contribution in [0.2, 0.25) is 0 Å². The molecule has 0 atom stereocenters. The van der Waals surface area contributed by atoms with Gasteiger partial charge in [0.1, 0.15) is 4.90 Å². The third-order valence-corrected chi connectivity index (χ3v) is 3.92. The fraction of sp³-hybridized carbons (Fsp3) is 0.417. The first-order valence-electron chi connectivity index (χ1n) is 6.17. The van der Waals surface area contributed by atoms with Crippen molar-refractivity contribution in [2.75, 3.05) is 18.9 Å². The first-order chi connectivity index (χ1) is 9.77. The van der Waals surface area contributed by atoms with Gasteiger partial charge < -0.3 is 10.5 Å². The van der Waals surface area contributed by atoms with Crippen LogP contribution in [-0.2, 0) is 19.6 Å². The summed E-state index contributed by atoms with van der Waals surface area (Å²) in [7, 11) is -4.24. The van der Waals surface area contributed by atoms with Gasteiger partial charge >= 0.3 is 5.97 Å². The number of anilines is 1. The Kier molecular flexibility index (Phi) is 6.03. The van der Waals surface area contributed by atoms with Gasteiger partial charge in [-0.2, -0.15) is 0 Å². The number of rotatable bonds is 7. The van der Waals surface area contributed by atoms with Crippen molar-refractivity contribution in [2.45, 2.75) is 24.7 Å². The highest BCUT2D eigenvalue weighted by atomic mass is 32.2. The molecule has 0 saturated carbocycles. The minimum absolute atomic E-state index is 0.0180. The van der Waals surface area contributed by atoms with E-state index in [2.05, 4.69) is 9.46 Å². The SMILES string of the molecule is CCOC(=O)CCCNS(=O)(=O)c1cc(N)cc(F)c1F. The lowest BCUT2D eigenvalue weighted by atomic mass is 10.3. The fourth-order valence-corrected chi connectivity index (χ4v) is 2.72. The van der Waals surface area contributed by atoms with Gasteiger partial charge in [0.25, 0.3) is 0 Å². The van der Waals surface area contributed by atoms with E-state index < -0.39 is 32.5 Å². The lowest BCUT2D eigenvalue weighted by molar-refractivity contribution is -0.143. The van der Waals surface area contributed by atoms with E-state index in [0.717, 1.165) is 6.07 Å². The van der Waals surface area contributed by atoms with Gasteiger partial charge in [0.2, 0.25) is 10.0 Å². The van der Waals surface area contributed by atoms with E-state index in [-0.39, 0.29) is 31.7 Å². The molecule has 0 fully saturated rings. The minimum atomic E-state index is -4.24. The van der Waals surface area contributed by atoms with Gasteiger partial charge in [-0.3, -0.25) is 4.79 Å². The Hall–Kier alpha value is -1.74. The molecule has 118 valence electrons. The average molecular weight is 322 g/mol. The second-order valence-corrected chi connectivity index (χ2v) is 5.86. The smallest absolute Gasteiger partial charge is 0.305 e. The molecule has 1 aromatic rings. The average Bonchev–Trinajstić information content (AvgIpc) is 2.39. The van der Waals surface area contributed by atoms with E-state index in [9.17, 15) is 22.0 Å². The van der Waals surface area contributed by atoms with Crippen molar-refractivity contribution in [1.82, 2.24) is 4.72 Å². The second kappa shape index (κ2) is 7.32. The van der Waals surface area contributed by atoms with Crippen LogP contribution in [0.1, 0.15) is 19.8 Å². The molecule has 0 amide bonds. The van der Waals surface area contributed by atoms with Crippen LogP contribution in [0.4, 0.5) is 14.5 Å². The first-order valence-corrected chi connectivity index (χ1v) is 7.66. The van der Waals surface area contributed by atoms with Crippen LogP contribution in [0.3, 0.4) is 0 Å². The molecule has 0 heterocycles. The van der Waals surface area contributed by atoms with E-state index in [4.69, 9.17) is 5.73 Å². The number of hydrogen-bond acceptors (Lipinski definition) is 5. The van der Waals surface area contributed by atoms with Crippen molar-refractivity contribution in [2.24, 2.45) is 0 Å². The standard InChI is InChI=1S/C12H16F2N2O4S/c1-2-20-11(17)4-3-5-16-21(18,19)10-7-8(15)6-9(13)12(10)14/h6-7,16H,2-5,15H2,1H3. The minimum Gasteiger partial charge on any atom is -0.466 e. The van der Waals surface area contributed by atoms with Crippen LogP contribution in [0, 0.1) is 11.6 Å². The van der Waals surface area contributed by atoms with Crippen molar-refractivity contribution < 1.29 is 26.7 Å². The maximum atomic E-state index is 13.5. The number of sulfonamides is 1. The maximum absolute atomic E-state index is 13.5. The van der Waals surface area contributed by atoms with Crippen molar-refractivity contribution >= 4 is 21.7 Å². The van der Waals surface area contributed by atoms with Crippen LogP contribution in [0.25, 0.3) is 0 Å². The predicted molar refractivity (Wildman–Crippen MR) is 71.8 cm³/mol. The Bertz CT molecular complexity index is 620. The second-order valence-electron chi connectivity index (χ2n) is 4.12. The Morgan fingerprint density at radius 1 is 1.38 bits per heavy atom. The Balaban J connectivity index is 2.69. The predicted octanol–water partition coefficient (Wildman–Crippen LogP) is 1.17. The van der Waals surface area contributed by atoms with E-state index in [0.29, 0.717) is 6.07 Å². The summed E-state index contributed by atoms with van der Waals surface area (Å²) in [5.74, 6) is -3.30. The van der Waals surface area contributed by atoms with E-state index >= 15 is 0 Å². The van der Waals surface area contributed by atoms with Crippen LogP contribution >= 0.6 is 0 Å². The number of nitrogens with one attached hydrogen (secondary N) is 1. The van der Waals surface area contributed by atoms with Gasteiger partial charge in [-0.25, -0.2) is 21.9 Å². The largest absolute Gasteiger partial charge is 0.466 e. The molecule has 0 spiro atoms. The number of benzene rings is 1. The van der Waals surface area contributed by atoms with Crippen molar-refractivity contribution in [3.8, 4) is 0 Å². The molecule has 1 rings (SSSR count). The zero-order chi connectivity index (χ0) is 16.0. The highest BCUT2D eigenvalue weighted by Gasteiger charge is 2.22. The highest BCUT2D eigenvalue weighted by Crippen LogP contribution is 2.20. The van der Waals surface area contributed by atoms with E-state index in [1.54, 1.807) is 6.92 Å².